The number of carbonyl (C=O) groups is 1. The molecule has 0 unspecified atom stereocenters. The molecule has 0 atom stereocenters. The summed E-state index contributed by atoms with van der Waals surface area (Å²) in [4.78, 5) is 17.7. The number of nitrogens with one attached hydrogen (secondary N) is 1. The maximum absolute atomic E-state index is 11.4. The highest BCUT2D eigenvalue weighted by Gasteiger charge is 2.38. The normalized spacial score (nSPS) is 14.6. The highest BCUT2D eigenvalue weighted by Crippen LogP contribution is 2.33. The molecular weight excluding hydrogens is 545 g/mol. The number of carboxylic acid groups (broad SMARTS) is 1. The maximum atomic E-state index is 11.4. The molecule has 1 fully saturated rings. The van der Waals surface area contributed by atoms with Gasteiger partial charge in [0.1, 0.15) is 17.1 Å². The lowest BCUT2D eigenvalue weighted by atomic mass is 10.1. The number of anilines is 1. The second-order valence-corrected chi connectivity index (χ2v) is 10.2. The van der Waals surface area contributed by atoms with Gasteiger partial charge >= 0.3 is 22.3 Å². The van der Waals surface area contributed by atoms with Crippen molar-refractivity contribution in [1.82, 2.24) is 25.1 Å². The molecule has 3 aromatic heterocycles. The Morgan fingerprint density at radius 3 is 2.54 bits per heavy atom. The molecule has 1 aliphatic heterocycles. The number of aromatic nitrogens is 4. The van der Waals surface area contributed by atoms with Crippen LogP contribution in [0.1, 0.15) is 18.9 Å². The quantitative estimate of drug-likeness (QED) is 0.301. The molecule has 4 aromatic rings. The van der Waals surface area contributed by atoms with Crippen molar-refractivity contribution < 1.29 is 40.1 Å². The zero-order chi connectivity index (χ0) is 28.4. The van der Waals surface area contributed by atoms with Gasteiger partial charge in [-0.3, -0.25) is 4.68 Å². The standard InChI is InChI=1S/C21H22N6O4S.C2HF3O2/c1-32(28,29)31-16-2-3-18-19(9-16)30-21(26-18)17-8-13(10-24-20(17)22)14-11-25-27(12-14)15-4-6-23-7-5-15;3-2(4,5)1(6)7/h2-3,8-12,15,23H,4-7H2,1H3,(H2,22,24);(H,6,7). The zero-order valence-corrected chi connectivity index (χ0v) is 21.2. The number of alkyl halides is 3. The molecule has 4 heterocycles. The summed E-state index contributed by atoms with van der Waals surface area (Å²) < 4.78 is 67.3. The predicted molar refractivity (Wildman–Crippen MR) is 133 cm³/mol. The first kappa shape index (κ1) is 27.8. The van der Waals surface area contributed by atoms with E-state index >= 15 is 0 Å². The van der Waals surface area contributed by atoms with Crippen molar-refractivity contribution in [3.63, 3.8) is 0 Å². The number of nitrogens with two attached hydrogens (primary N) is 1. The summed E-state index contributed by atoms with van der Waals surface area (Å²) in [6.45, 7) is 1.98. The number of rotatable bonds is 5. The van der Waals surface area contributed by atoms with Gasteiger partial charge in [0.2, 0.25) is 5.89 Å². The van der Waals surface area contributed by atoms with Gasteiger partial charge < -0.3 is 24.8 Å². The van der Waals surface area contributed by atoms with Crippen LogP contribution >= 0.6 is 0 Å². The van der Waals surface area contributed by atoms with Crippen molar-refractivity contribution in [3.05, 3.63) is 42.9 Å². The van der Waals surface area contributed by atoms with Crippen LogP contribution in [0.2, 0.25) is 0 Å². The Kier molecular flexibility index (Phi) is 7.78. The van der Waals surface area contributed by atoms with Gasteiger partial charge in [-0.15, -0.1) is 0 Å². The number of carboxylic acids is 1. The average molecular weight is 569 g/mol. The molecule has 4 N–H and O–H groups in total. The third kappa shape index (κ3) is 7.02. The van der Waals surface area contributed by atoms with Crippen LogP contribution in [0.15, 0.2) is 47.3 Å². The number of hydrogen-bond donors (Lipinski definition) is 3. The molecule has 0 spiro atoms. The SMILES string of the molecule is CS(=O)(=O)Oc1ccc2nc(-c3cc(-c4cnn(C5CCNCC5)c4)cnc3N)oc2c1.O=C(O)C(F)(F)F. The first-order valence-electron chi connectivity index (χ1n) is 11.4. The number of fused-ring (bicyclic) bond motifs is 1. The minimum absolute atomic E-state index is 0.146. The van der Waals surface area contributed by atoms with Crippen molar-refractivity contribution in [2.45, 2.75) is 25.1 Å². The molecule has 1 aromatic carbocycles. The first-order chi connectivity index (χ1) is 18.3. The third-order valence-corrected chi connectivity index (χ3v) is 6.11. The van der Waals surface area contributed by atoms with Crippen LogP contribution < -0.4 is 15.2 Å². The molecule has 12 nitrogen and oxygen atoms in total. The van der Waals surface area contributed by atoms with Gasteiger partial charge in [0.25, 0.3) is 0 Å². The number of nitrogens with zero attached hydrogens (tertiary/aromatic N) is 4. The maximum Gasteiger partial charge on any atom is 0.490 e. The van der Waals surface area contributed by atoms with E-state index in [1.54, 1.807) is 12.3 Å². The van der Waals surface area contributed by atoms with Gasteiger partial charge in [-0.1, -0.05) is 0 Å². The molecular formula is C23H23F3N6O6S. The topological polar surface area (TPSA) is 175 Å². The van der Waals surface area contributed by atoms with Crippen LogP contribution in [0, 0.1) is 0 Å². The van der Waals surface area contributed by atoms with Gasteiger partial charge in [0.15, 0.2) is 5.58 Å². The molecule has 0 radical (unpaired) electrons. The smallest absolute Gasteiger partial charge is 0.475 e. The summed E-state index contributed by atoms with van der Waals surface area (Å²) in [5.41, 5.74) is 9.35. The van der Waals surface area contributed by atoms with Gasteiger partial charge in [-0.05, 0) is 44.1 Å². The fourth-order valence-electron chi connectivity index (χ4n) is 3.81. The Morgan fingerprint density at radius 2 is 1.90 bits per heavy atom. The number of nitrogen functional groups attached to an aromatic ring is 1. The number of hydrogen-bond acceptors (Lipinski definition) is 10. The molecule has 0 saturated carbocycles. The summed E-state index contributed by atoms with van der Waals surface area (Å²) >= 11 is 0. The third-order valence-electron chi connectivity index (χ3n) is 5.62. The second kappa shape index (κ2) is 10.9. The van der Waals surface area contributed by atoms with Crippen molar-refractivity contribution in [3.8, 4) is 28.3 Å². The van der Waals surface area contributed by atoms with Crippen molar-refractivity contribution in [2.75, 3.05) is 25.1 Å². The van der Waals surface area contributed by atoms with E-state index in [2.05, 4.69) is 20.4 Å². The van der Waals surface area contributed by atoms with E-state index < -0.39 is 22.3 Å². The van der Waals surface area contributed by atoms with Crippen molar-refractivity contribution >= 4 is 33.0 Å². The highest BCUT2D eigenvalue weighted by atomic mass is 32.2. The Bertz CT molecular complexity index is 1600. The molecule has 208 valence electrons. The van der Waals surface area contributed by atoms with Crippen LogP contribution in [0.3, 0.4) is 0 Å². The molecule has 5 rings (SSSR count). The van der Waals surface area contributed by atoms with E-state index in [4.69, 9.17) is 24.2 Å². The summed E-state index contributed by atoms with van der Waals surface area (Å²) in [6.07, 6.45) is 3.52. The van der Waals surface area contributed by atoms with Crippen molar-refractivity contribution in [2.24, 2.45) is 0 Å². The van der Waals surface area contributed by atoms with E-state index in [9.17, 15) is 21.6 Å². The lowest BCUT2D eigenvalue weighted by Gasteiger charge is -2.22. The number of aliphatic carboxylic acids is 1. The average Bonchev–Trinajstić information content (AvgIpc) is 3.51. The van der Waals surface area contributed by atoms with E-state index in [0.29, 0.717) is 22.7 Å². The van der Waals surface area contributed by atoms with Crippen LogP contribution in [0.25, 0.3) is 33.7 Å². The lowest BCUT2D eigenvalue weighted by molar-refractivity contribution is -0.192. The van der Waals surface area contributed by atoms with Crippen LogP contribution in [-0.4, -0.2) is 64.8 Å². The summed E-state index contributed by atoms with van der Waals surface area (Å²) in [7, 11) is -3.64. The summed E-state index contributed by atoms with van der Waals surface area (Å²) in [5, 5.41) is 15.0. The number of halogens is 3. The first-order valence-corrected chi connectivity index (χ1v) is 13.2. The molecule has 0 bridgehead atoms. The molecule has 0 aliphatic carbocycles. The monoisotopic (exact) mass is 568 g/mol. The Labute approximate surface area is 219 Å². The van der Waals surface area contributed by atoms with E-state index in [1.165, 1.54) is 12.1 Å². The fourth-order valence-corrected chi connectivity index (χ4v) is 4.26. The zero-order valence-electron chi connectivity index (χ0n) is 20.3. The molecule has 1 aliphatic rings. The van der Waals surface area contributed by atoms with Gasteiger partial charge in [-0.2, -0.15) is 26.7 Å². The largest absolute Gasteiger partial charge is 0.490 e. The van der Waals surface area contributed by atoms with Crippen molar-refractivity contribution in [1.29, 1.82) is 0 Å². The van der Waals surface area contributed by atoms with Crippen LogP contribution in [0.5, 0.6) is 5.75 Å². The predicted octanol–water partition coefficient (Wildman–Crippen LogP) is 3.23. The molecule has 39 heavy (non-hydrogen) atoms. The van der Waals surface area contributed by atoms with Crippen LogP contribution in [0.4, 0.5) is 19.0 Å². The second-order valence-electron chi connectivity index (χ2n) is 8.59. The van der Waals surface area contributed by atoms with E-state index in [0.717, 1.165) is 43.3 Å². The van der Waals surface area contributed by atoms with Gasteiger partial charge in [-0.25, -0.2) is 14.8 Å². The molecule has 1 saturated heterocycles. The number of piperidine rings is 1. The summed E-state index contributed by atoms with van der Waals surface area (Å²) in [6, 6.07) is 6.86. The van der Waals surface area contributed by atoms with E-state index in [1.807, 2.05) is 23.1 Å². The van der Waals surface area contributed by atoms with Crippen LogP contribution in [-0.2, 0) is 14.9 Å². The minimum atomic E-state index is -5.08. The molecule has 0 amide bonds. The lowest BCUT2D eigenvalue weighted by Crippen LogP contribution is -2.29. The van der Waals surface area contributed by atoms with Gasteiger partial charge in [0, 0.05) is 29.6 Å². The highest BCUT2D eigenvalue weighted by molar-refractivity contribution is 7.86. The Morgan fingerprint density at radius 1 is 1.21 bits per heavy atom. The fraction of sp³-hybridized carbons (Fsp3) is 0.304. The van der Waals surface area contributed by atoms with E-state index in [-0.39, 0.29) is 17.5 Å². The van der Waals surface area contributed by atoms with Gasteiger partial charge in [0.05, 0.1) is 24.1 Å². The number of benzene rings is 1. The number of oxazole rings is 1. The minimum Gasteiger partial charge on any atom is -0.475 e. The molecule has 16 heteroatoms. The Hall–Kier alpha value is -4.18. The Balaban J connectivity index is 0.000000448. The summed E-state index contributed by atoms with van der Waals surface area (Å²) in [5.74, 6) is -2.05. The number of pyridine rings is 1.